The largest absolute Gasteiger partial charge is 0.361 e. The van der Waals surface area contributed by atoms with Crippen LogP contribution in [-0.4, -0.2) is 9.97 Å². The van der Waals surface area contributed by atoms with Crippen LogP contribution >= 0.6 is 15.9 Å². The minimum absolute atomic E-state index is 0.510. The minimum atomic E-state index is 0.510. The number of H-pyrrole nitrogens is 1. The van der Waals surface area contributed by atoms with Gasteiger partial charge in [0.15, 0.2) is 0 Å². The van der Waals surface area contributed by atoms with Crippen molar-refractivity contribution in [3.63, 3.8) is 0 Å². The maximum absolute atomic E-state index is 9.59. The van der Waals surface area contributed by atoms with Crippen molar-refractivity contribution in [2.45, 2.75) is 6.92 Å². The number of fused-ring (bicyclic) bond motifs is 1. The van der Waals surface area contributed by atoms with E-state index < -0.39 is 0 Å². The summed E-state index contributed by atoms with van der Waals surface area (Å²) >= 11 is 3.51. The average molecular weight is 403 g/mol. The zero-order valence-electron chi connectivity index (χ0n) is 14.0. The van der Waals surface area contributed by atoms with E-state index in [1.165, 1.54) is 0 Å². The van der Waals surface area contributed by atoms with Gasteiger partial charge in [-0.15, -0.1) is 0 Å². The van der Waals surface area contributed by atoms with E-state index in [9.17, 15) is 5.26 Å². The summed E-state index contributed by atoms with van der Waals surface area (Å²) in [5.41, 5.74) is 6.34. The Morgan fingerprint density at radius 2 is 2.04 bits per heavy atom. The van der Waals surface area contributed by atoms with Gasteiger partial charge in [0.1, 0.15) is 6.07 Å². The zero-order valence-corrected chi connectivity index (χ0v) is 15.6. The Labute approximate surface area is 159 Å². The quantitative estimate of drug-likeness (QED) is 0.447. The molecule has 0 amide bonds. The molecule has 0 bridgehead atoms. The fraction of sp³-hybridized carbons (Fsp3) is 0.0476. The van der Waals surface area contributed by atoms with Crippen molar-refractivity contribution in [2.75, 3.05) is 5.32 Å². The second-order valence-corrected chi connectivity index (χ2v) is 6.95. The Morgan fingerprint density at radius 3 is 2.85 bits per heavy atom. The van der Waals surface area contributed by atoms with Crippen LogP contribution in [0.2, 0.25) is 0 Å². The molecule has 4 aromatic rings. The van der Waals surface area contributed by atoms with E-state index in [0.29, 0.717) is 5.56 Å². The number of anilines is 2. The SMILES string of the molecule is Cc1c(Nc2c(C#N)cncc2-c2cccc(Br)c2)ccc2[nH]ccc12. The highest BCUT2D eigenvalue weighted by atomic mass is 79.9. The Balaban J connectivity index is 1.87. The van der Waals surface area contributed by atoms with Crippen LogP contribution in [0.15, 0.2) is 65.5 Å². The standard InChI is InChI=1S/C21H15BrN4/c1-13-17-7-8-25-20(17)6-5-19(13)26-21-15(10-23)11-24-12-18(21)14-3-2-4-16(22)9-14/h2-9,11-12,25H,1H3,(H,24,26). The van der Waals surface area contributed by atoms with Crippen LogP contribution in [0.4, 0.5) is 11.4 Å². The number of aryl methyl sites for hydroxylation is 1. The van der Waals surface area contributed by atoms with Crippen molar-refractivity contribution in [3.05, 3.63) is 76.7 Å². The zero-order chi connectivity index (χ0) is 18.1. The molecule has 0 aliphatic rings. The number of benzene rings is 2. The molecule has 0 saturated carbocycles. The van der Waals surface area contributed by atoms with Gasteiger partial charge in [-0.05, 0) is 48.4 Å². The molecule has 0 fully saturated rings. The molecule has 0 atom stereocenters. The molecule has 2 aromatic carbocycles. The molecule has 2 heterocycles. The maximum Gasteiger partial charge on any atom is 0.103 e. The molecule has 26 heavy (non-hydrogen) atoms. The van der Waals surface area contributed by atoms with Crippen LogP contribution in [0.1, 0.15) is 11.1 Å². The number of nitriles is 1. The van der Waals surface area contributed by atoms with E-state index in [0.717, 1.165) is 43.4 Å². The Morgan fingerprint density at radius 1 is 1.15 bits per heavy atom. The lowest BCUT2D eigenvalue weighted by molar-refractivity contribution is 1.29. The van der Waals surface area contributed by atoms with E-state index in [4.69, 9.17) is 0 Å². The topological polar surface area (TPSA) is 64.5 Å². The first-order valence-corrected chi connectivity index (χ1v) is 8.94. The van der Waals surface area contributed by atoms with Crippen molar-refractivity contribution in [1.82, 2.24) is 9.97 Å². The summed E-state index contributed by atoms with van der Waals surface area (Å²) in [6.45, 7) is 2.07. The Hall–Kier alpha value is -3.10. The van der Waals surface area contributed by atoms with Gasteiger partial charge in [0.2, 0.25) is 0 Å². The Bertz CT molecular complexity index is 1150. The summed E-state index contributed by atoms with van der Waals surface area (Å²) in [5, 5.41) is 14.2. The van der Waals surface area contributed by atoms with E-state index in [2.05, 4.69) is 50.3 Å². The van der Waals surface area contributed by atoms with Crippen molar-refractivity contribution in [2.24, 2.45) is 0 Å². The van der Waals surface area contributed by atoms with Gasteiger partial charge in [0, 0.05) is 45.2 Å². The molecule has 0 saturated heterocycles. The molecular formula is C21H15BrN4. The number of aromatic amines is 1. The number of pyridine rings is 1. The first-order chi connectivity index (χ1) is 12.7. The van der Waals surface area contributed by atoms with Crippen LogP contribution in [0.3, 0.4) is 0 Å². The molecule has 0 radical (unpaired) electrons. The van der Waals surface area contributed by atoms with Crippen LogP contribution < -0.4 is 5.32 Å². The van der Waals surface area contributed by atoms with Gasteiger partial charge in [-0.1, -0.05) is 28.1 Å². The third-order valence-corrected chi connectivity index (χ3v) is 4.96. The molecule has 5 heteroatoms. The predicted octanol–water partition coefficient (Wildman–Crippen LogP) is 5.92. The Kier molecular flexibility index (Phi) is 4.19. The molecular weight excluding hydrogens is 388 g/mol. The molecule has 0 aliphatic carbocycles. The minimum Gasteiger partial charge on any atom is -0.361 e. The second kappa shape index (κ2) is 6.66. The summed E-state index contributed by atoms with van der Waals surface area (Å²) in [7, 11) is 0. The van der Waals surface area contributed by atoms with Gasteiger partial charge in [0.05, 0.1) is 11.3 Å². The lowest BCUT2D eigenvalue weighted by Crippen LogP contribution is -2.00. The summed E-state index contributed by atoms with van der Waals surface area (Å²) in [5.74, 6) is 0. The highest BCUT2D eigenvalue weighted by Crippen LogP contribution is 2.35. The smallest absolute Gasteiger partial charge is 0.103 e. The second-order valence-electron chi connectivity index (χ2n) is 6.03. The predicted molar refractivity (Wildman–Crippen MR) is 108 cm³/mol. The summed E-state index contributed by atoms with van der Waals surface area (Å²) in [6.07, 6.45) is 5.31. The van der Waals surface area contributed by atoms with E-state index in [-0.39, 0.29) is 0 Å². The normalized spacial score (nSPS) is 10.7. The number of hydrogen-bond acceptors (Lipinski definition) is 3. The molecule has 2 N–H and O–H groups in total. The number of rotatable bonds is 3. The molecule has 0 aliphatic heterocycles. The van der Waals surface area contributed by atoms with Crippen molar-refractivity contribution in [1.29, 1.82) is 5.26 Å². The number of nitrogens with zero attached hydrogens (tertiary/aromatic N) is 2. The van der Waals surface area contributed by atoms with Gasteiger partial charge in [-0.3, -0.25) is 4.98 Å². The summed E-state index contributed by atoms with van der Waals surface area (Å²) in [6, 6.07) is 16.3. The van der Waals surface area contributed by atoms with Crippen molar-refractivity contribution >= 4 is 38.2 Å². The lowest BCUT2D eigenvalue weighted by atomic mass is 10.0. The highest BCUT2D eigenvalue weighted by molar-refractivity contribution is 9.10. The fourth-order valence-corrected chi connectivity index (χ4v) is 3.51. The number of halogens is 1. The van der Waals surface area contributed by atoms with E-state index in [1.807, 2.05) is 42.6 Å². The summed E-state index contributed by atoms with van der Waals surface area (Å²) < 4.78 is 0.980. The average Bonchev–Trinajstić information content (AvgIpc) is 3.13. The third-order valence-electron chi connectivity index (χ3n) is 4.47. The molecule has 2 aromatic heterocycles. The van der Waals surface area contributed by atoms with Crippen molar-refractivity contribution in [3.8, 4) is 17.2 Å². The number of hydrogen-bond donors (Lipinski definition) is 2. The number of nitrogens with one attached hydrogen (secondary N) is 2. The van der Waals surface area contributed by atoms with Crippen LogP contribution in [-0.2, 0) is 0 Å². The van der Waals surface area contributed by atoms with Gasteiger partial charge in [-0.25, -0.2) is 0 Å². The maximum atomic E-state index is 9.59. The first kappa shape index (κ1) is 16.4. The van der Waals surface area contributed by atoms with Gasteiger partial charge in [0.25, 0.3) is 0 Å². The molecule has 0 spiro atoms. The van der Waals surface area contributed by atoms with Crippen molar-refractivity contribution < 1.29 is 0 Å². The molecule has 126 valence electrons. The van der Waals surface area contributed by atoms with Crippen LogP contribution in [0, 0.1) is 18.3 Å². The first-order valence-electron chi connectivity index (χ1n) is 8.15. The van der Waals surface area contributed by atoms with Crippen LogP contribution in [0.25, 0.3) is 22.0 Å². The van der Waals surface area contributed by atoms with E-state index >= 15 is 0 Å². The van der Waals surface area contributed by atoms with E-state index in [1.54, 1.807) is 12.4 Å². The molecule has 0 unspecified atom stereocenters. The van der Waals surface area contributed by atoms with Gasteiger partial charge >= 0.3 is 0 Å². The van der Waals surface area contributed by atoms with Gasteiger partial charge in [-0.2, -0.15) is 5.26 Å². The van der Waals surface area contributed by atoms with Crippen LogP contribution in [0.5, 0.6) is 0 Å². The van der Waals surface area contributed by atoms with Gasteiger partial charge < -0.3 is 10.3 Å². The third kappa shape index (κ3) is 2.85. The monoisotopic (exact) mass is 402 g/mol. The number of aromatic nitrogens is 2. The fourth-order valence-electron chi connectivity index (χ4n) is 3.11. The lowest BCUT2D eigenvalue weighted by Gasteiger charge is -2.16. The highest BCUT2D eigenvalue weighted by Gasteiger charge is 2.13. The molecule has 4 rings (SSSR count). The molecule has 4 nitrogen and oxygen atoms in total. The summed E-state index contributed by atoms with van der Waals surface area (Å²) in [4.78, 5) is 7.47.